The summed E-state index contributed by atoms with van der Waals surface area (Å²) in [7, 11) is 0. The number of primary amides is 1. The first-order valence-corrected chi connectivity index (χ1v) is 9.02. The molecule has 0 spiro atoms. The van der Waals surface area contributed by atoms with Crippen molar-refractivity contribution in [1.29, 1.82) is 0 Å². The standard InChI is InChI=1S/C21H24N2O4/c22-20(25)21(10-12-26-13-11-21)15-23-19(24)18-9-5-4-6-16(18)14-27-17-7-2-1-3-8-17/h1-9H,10-15H2,(H2,22,25)(H,23,24). The van der Waals surface area contributed by atoms with Crippen LogP contribution in [0, 0.1) is 5.41 Å². The van der Waals surface area contributed by atoms with E-state index in [1.165, 1.54) is 0 Å². The highest BCUT2D eigenvalue weighted by Crippen LogP contribution is 2.29. The Morgan fingerprint density at radius 3 is 2.41 bits per heavy atom. The minimum absolute atomic E-state index is 0.207. The molecule has 27 heavy (non-hydrogen) atoms. The molecule has 0 bridgehead atoms. The Morgan fingerprint density at radius 2 is 1.70 bits per heavy atom. The van der Waals surface area contributed by atoms with Gasteiger partial charge in [0.05, 0.1) is 5.41 Å². The number of hydrogen-bond donors (Lipinski definition) is 2. The molecule has 2 aromatic rings. The zero-order chi connectivity index (χ0) is 19.1. The summed E-state index contributed by atoms with van der Waals surface area (Å²) in [5.41, 5.74) is 6.16. The van der Waals surface area contributed by atoms with Crippen LogP contribution in [-0.4, -0.2) is 31.6 Å². The van der Waals surface area contributed by atoms with Crippen LogP contribution in [-0.2, 0) is 16.1 Å². The smallest absolute Gasteiger partial charge is 0.251 e. The number of ether oxygens (including phenoxy) is 2. The summed E-state index contributed by atoms with van der Waals surface area (Å²) < 4.78 is 11.1. The first-order valence-electron chi connectivity index (χ1n) is 9.02. The lowest BCUT2D eigenvalue weighted by atomic mass is 9.79. The van der Waals surface area contributed by atoms with Gasteiger partial charge in [-0.05, 0) is 31.0 Å². The molecule has 1 aliphatic rings. The lowest BCUT2D eigenvalue weighted by molar-refractivity contribution is -0.132. The first-order chi connectivity index (χ1) is 13.1. The Kier molecular flexibility index (Phi) is 6.08. The van der Waals surface area contributed by atoms with Gasteiger partial charge >= 0.3 is 0 Å². The summed E-state index contributed by atoms with van der Waals surface area (Å²) in [6.07, 6.45) is 1.03. The van der Waals surface area contributed by atoms with E-state index in [1.54, 1.807) is 12.1 Å². The fourth-order valence-corrected chi connectivity index (χ4v) is 3.16. The number of nitrogens with one attached hydrogen (secondary N) is 1. The molecule has 0 unspecified atom stereocenters. The van der Waals surface area contributed by atoms with Gasteiger partial charge in [0.2, 0.25) is 5.91 Å². The fourth-order valence-electron chi connectivity index (χ4n) is 3.16. The predicted molar refractivity (Wildman–Crippen MR) is 101 cm³/mol. The molecule has 3 rings (SSSR count). The number of carbonyl (C=O) groups excluding carboxylic acids is 2. The largest absolute Gasteiger partial charge is 0.489 e. The molecule has 1 saturated heterocycles. The summed E-state index contributed by atoms with van der Waals surface area (Å²) in [6.45, 7) is 1.43. The van der Waals surface area contributed by atoms with Crippen molar-refractivity contribution in [3.8, 4) is 5.75 Å². The second-order valence-electron chi connectivity index (χ2n) is 6.70. The molecule has 1 heterocycles. The molecule has 3 N–H and O–H groups in total. The number of benzene rings is 2. The number of para-hydroxylation sites is 1. The van der Waals surface area contributed by atoms with Crippen molar-refractivity contribution in [2.75, 3.05) is 19.8 Å². The molecule has 0 aliphatic carbocycles. The second kappa shape index (κ2) is 8.68. The van der Waals surface area contributed by atoms with E-state index in [0.29, 0.717) is 31.6 Å². The van der Waals surface area contributed by atoms with E-state index in [-0.39, 0.29) is 19.1 Å². The third kappa shape index (κ3) is 4.65. The number of nitrogens with two attached hydrogens (primary N) is 1. The van der Waals surface area contributed by atoms with Crippen LogP contribution in [0.1, 0.15) is 28.8 Å². The Morgan fingerprint density at radius 1 is 1.04 bits per heavy atom. The quantitative estimate of drug-likeness (QED) is 0.784. The second-order valence-corrected chi connectivity index (χ2v) is 6.70. The Hall–Kier alpha value is -2.86. The molecule has 0 aromatic heterocycles. The third-order valence-corrected chi connectivity index (χ3v) is 4.96. The number of rotatable bonds is 7. The van der Waals surface area contributed by atoms with E-state index in [0.717, 1.165) is 11.3 Å². The maximum absolute atomic E-state index is 12.7. The van der Waals surface area contributed by atoms with E-state index in [2.05, 4.69) is 5.32 Å². The van der Waals surface area contributed by atoms with Crippen molar-refractivity contribution in [1.82, 2.24) is 5.32 Å². The van der Waals surface area contributed by atoms with Gasteiger partial charge < -0.3 is 20.5 Å². The average Bonchev–Trinajstić information content (AvgIpc) is 2.72. The first kappa shape index (κ1) is 18.9. The van der Waals surface area contributed by atoms with E-state index in [9.17, 15) is 9.59 Å². The van der Waals surface area contributed by atoms with Crippen LogP contribution in [0.2, 0.25) is 0 Å². The van der Waals surface area contributed by atoms with Crippen molar-refractivity contribution >= 4 is 11.8 Å². The van der Waals surface area contributed by atoms with Crippen molar-refractivity contribution in [2.45, 2.75) is 19.4 Å². The molecule has 6 heteroatoms. The minimum Gasteiger partial charge on any atom is -0.489 e. The van der Waals surface area contributed by atoms with Gasteiger partial charge in [0, 0.05) is 30.9 Å². The summed E-state index contributed by atoms with van der Waals surface area (Å²) >= 11 is 0. The van der Waals surface area contributed by atoms with E-state index < -0.39 is 11.3 Å². The Labute approximate surface area is 158 Å². The van der Waals surface area contributed by atoms with Crippen molar-refractivity contribution in [3.05, 3.63) is 65.7 Å². The van der Waals surface area contributed by atoms with Gasteiger partial charge in [-0.3, -0.25) is 9.59 Å². The van der Waals surface area contributed by atoms with Crippen LogP contribution >= 0.6 is 0 Å². The van der Waals surface area contributed by atoms with Crippen LogP contribution in [0.3, 0.4) is 0 Å². The molecular weight excluding hydrogens is 344 g/mol. The van der Waals surface area contributed by atoms with Crippen LogP contribution in [0.25, 0.3) is 0 Å². The summed E-state index contributed by atoms with van der Waals surface area (Å²) in [4.78, 5) is 24.7. The van der Waals surface area contributed by atoms with Crippen LogP contribution < -0.4 is 15.8 Å². The summed E-state index contributed by atoms with van der Waals surface area (Å²) in [5.74, 6) is 0.101. The van der Waals surface area contributed by atoms with Gasteiger partial charge in [-0.1, -0.05) is 36.4 Å². The molecule has 0 atom stereocenters. The lowest BCUT2D eigenvalue weighted by Crippen LogP contribution is -2.49. The van der Waals surface area contributed by atoms with Gasteiger partial charge in [-0.25, -0.2) is 0 Å². The molecule has 6 nitrogen and oxygen atoms in total. The summed E-state index contributed by atoms with van der Waals surface area (Å²) in [5, 5.41) is 2.88. The highest BCUT2D eigenvalue weighted by atomic mass is 16.5. The van der Waals surface area contributed by atoms with Gasteiger partial charge in [0.15, 0.2) is 0 Å². The zero-order valence-corrected chi connectivity index (χ0v) is 15.1. The van der Waals surface area contributed by atoms with Crippen molar-refractivity contribution in [2.24, 2.45) is 11.1 Å². The fraction of sp³-hybridized carbons (Fsp3) is 0.333. The summed E-state index contributed by atoms with van der Waals surface area (Å²) in [6, 6.07) is 16.7. The maximum atomic E-state index is 12.7. The van der Waals surface area contributed by atoms with Gasteiger partial charge in [0.25, 0.3) is 5.91 Å². The number of carbonyl (C=O) groups is 2. The Balaban J connectivity index is 1.67. The molecule has 2 amide bonds. The van der Waals surface area contributed by atoms with Crippen molar-refractivity contribution < 1.29 is 19.1 Å². The zero-order valence-electron chi connectivity index (χ0n) is 15.1. The van der Waals surface area contributed by atoms with Crippen LogP contribution in [0.5, 0.6) is 5.75 Å². The number of hydrogen-bond acceptors (Lipinski definition) is 4. The highest BCUT2D eigenvalue weighted by molar-refractivity contribution is 5.96. The predicted octanol–water partition coefficient (Wildman–Crippen LogP) is 2.28. The molecule has 2 aromatic carbocycles. The van der Waals surface area contributed by atoms with Gasteiger partial charge in [-0.2, -0.15) is 0 Å². The Bertz CT molecular complexity index is 786. The van der Waals surface area contributed by atoms with Gasteiger partial charge in [-0.15, -0.1) is 0 Å². The average molecular weight is 368 g/mol. The molecular formula is C21H24N2O4. The lowest BCUT2D eigenvalue weighted by Gasteiger charge is -2.34. The molecule has 0 saturated carbocycles. The SMILES string of the molecule is NC(=O)C1(CNC(=O)c2ccccc2COc2ccccc2)CCOCC1. The molecule has 142 valence electrons. The molecule has 0 radical (unpaired) electrons. The van der Waals surface area contributed by atoms with E-state index >= 15 is 0 Å². The van der Waals surface area contributed by atoms with Gasteiger partial charge in [0.1, 0.15) is 12.4 Å². The molecule has 1 aliphatic heterocycles. The van der Waals surface area contributed by atoms with E-state index in [4.69, 9.17) is 15.2 Å². The maximum Gasteiger partial charge on any atom is 0.251 e. The topological polar surface area (TPSA) is 90.7 Å². The highest BCUT2D eigenvalue weighted by Gasteiger charge is 2.38. The van der Waals surface area contributed by atoms with Crippen LogP contribution in [0.4, 0.5) is 0 Å². The number of amides is 2. The normalized spacial score (nSPS) is 15.7. The molecule has 1 fully saturated rings. The monoisotopic (exact) mass is 368 g/mol. The van der Waals surface area contributed by atoms with E-state index in [1.807, 2.05) is 42.5 Å². The third-order valence-electron chi connectivity index (χ3n) is 4.96. The van der Waals surface area contributed by atoms with Crippen molar-refractivity contribution in [3.63, 3.8) is 0 Å². The van der Waals surface area contributed by atoms with Crippen LogP contribution in [0.15, 0.2) is 54.6 Å². The minimum atomic E-state index is -0.747.